The third-order valence-electron chi connectivity index (χ3n) is 5.60. The molecule has 1 atom stereocenters. The summed E-state index contributed by atoms with van der Waals surface area (Å²) in [6.07, 6.45) is 2.57. The molecular formula is C23H23Cl2N7OS. The number of nitrogens with zero attached hydrogens (tertiary/aromatic N) is 4. The molecule has 1 fully saturated rings. The predicted molar refractivity (Wildman–Crippen MR) is 138 cm³/mol. The van der Waals surface area contributed by atoms with Gasteiger partial charge in [-0.05, 0) is 49.2 Å². The predicted octanol–water partition coefficient (Wildman–Crippen LogP) is 5.58. The van der Waals surface area contributed by atoms with Crippen LogP contribution in [0.25, 0.3) is 22.6 Å². The Labute approximate surface area is 212 Å². The van der Waals surface area contributed by atoms with Crippen LogP contribution in [0.3, 0.4) is 0 Å². The van der Waals surface area contributed by atoms with Gasteiger partial charge in [-0.2, -0.15) is 4.98 Å². The molecule has 0 bridgehead atoms. The lowest BCUT2D eigenvalue weighted by Crippen LogP contribution is -2.41. The summed E-state index contributed by atoms with van der Waals surface area (Å²) in [6.45, 7) is 0.801. The van der Waals surface area contributed by atoms with E-state index in [0.717, 1.165) is 47.0 Å². The summed E-state index contributed by atoms with van der Waals surface area (Å²) < 4.78 is 5.46. The number of likely N-dealkylation sites (tertiary alicyclic amines) is 1. The standard InChI is InChI=1S/C23H22ClN7OS.ClH/c24-16-7-3-14(4-8-16)19-13-33-23(28-19)27-17-9-5-15(6-10-17)21-29-20(32-30-21)12-18-2-1-11-31(18)22(25)26;/h3-10,13,18H,1-2,11-12H2,(H3,25,26)(H,27,28);1H/t18-;/m0./s1. The fraction of sp³-hybridized carbons (Fsp3) is 0.217. The molecule has 1 aliphatic rings. The van der Waals surface area contributed by atoms with Crippen molar-refractivity contribution in [1.29, 1.82) is 5.41 Å². The zero-order valence-electron chi connectivity index (χ0n) is 18.1. The molecule has 0 aliphatic carbocycles. The highest BCUT2D eigenvalue weighted by atomic mass is 35.5. The lowest BCUT2D eigenvalue weighted by molar-refractivity contribution is 0.320. The Morgan fingerprint density at radius 3 is 2.62 bits per heavy atom. The van der Waals surface area contributed by atoms with Crippen molar-refractivity contribution in [3.63, 3.8) is 0 Å². The Morgan fingerprint density at radius 1 is 1.15 bits per heavy atom. The summed E-state index contributed by atoms with van der Waals surface area (Å²) in [4.78, 5) is 11.1. The van der Waals surface area contributed by atoms with E-state index in [-0.39, 0.29) is 24.4 Å². The molecule has 11 heteroatoms. The Balaban J connectivity index is 0.00000274. The summed E-state index contributed by atoms with van der Waals surface area (Å²) in [6, 6.07) is 15.6. The number of anilines is 2. The molecule has 8 nitrogen and oxygen atoms in total. The van der Waals surface area contributed by atoms with Crippen LogP contribution in [-0.2, 0) is 6.42 Å². The van der Waals surface area contributed by atoms with Crippen LogP contribution in [0.15, 0.2) is 58.4 Å². The molecule has 3 heterocycles. The summed E-state index contributed by atoms with van der Waals surface area (Å²) >= 11 is 7.51. The second kappa shape index (κ2) is 10.4. The highest BCUT2D eigenvalue weighted by molar-refractivity contribution is 7.14. The maximum Gasteiger partial charge on any atom is 0.229 e. The number of guanidine groups is 1. The fourth-order valence-corrected chi connectivity index (χ4v) is 4.80. The molecule has 34 heavy (non-hydrogen) atoms. The third kappa shape index (κ3) is 5.32. The van der Waals surface area contributed by atoms with Crippen molar-refractivity contribution in [3.8, 4) is 22.6 Å². The van der Waals surface area contributed by atoms with Crippen LogP contribution < -0.4 is 11.1 Å². The molecule has 0 amide bonds. The largest absolute Gasteiger partial charge is 0.370 e. The monoisotopic (exact) mass is 515 g/mol. The molecule has 176 valence electrons. The van der Waals surface area contributed by atoms with Crippen molar-refractivity contribution in [1.82, 2.24) is 20.0 Å². The number of hydrogen-bond donors (Lipinski definition) is 3. The first-order valence-corrected chi connectivity index (χ1v) is 11.8. The topological polar surface area (TPSA) is 117 Å². The molecule has 0 unspecified atom stereocenters. The molecule has 1 saturated heterocycles. The van der Waals surface area contributed by atoms with Crippen LogP contribution in [0.4, 0.5) is 10.8 Å². The van der Waals surface area contributed by atoms with Crippen LogP contribution in [0, 0.1) is 5.41 Å². The van der Waals surface area contributed by atoms with E-state index in [1.54, 1.807) is 11.3 Å². The number of hydrogen-bond acceptors (Lipinski definition) is 7. The second-order valence-electron chi connectivity index (χ2n) is 7.84. The molecule has 4 aromatic rings. The first-order valence-electron chi connectivity index (χ1n) is 10.6. The van der Waals surface area contributed by atoms with Gasteiger partial charge in [0.15, 0.2) is 11.1 Å². The zero-order chi connectivity index (χ0) is 22.8. The van der Waals surface area contributed by atoms with Gasteiger partial charge in [-0.25, -0.2) is 4.98 Å². The van der Waals surface area contributed by atoms with Gasteiger partial charge in [0.05, 0.1) is 5.69 Å². The van der Waals surface area contributed by atoms with Gasteiger partial charge in [-0.1, -0.05) is 28.9 Å². The molecule has 0 spiro atoms. The lowest BCUT2D eigenvalue weighted by Gasteiger charge is -2.23. The minimum atomic E-state index is 0. The van der Waals surface area contributed by atoms with Gasteiger partial charge in [0, 0.05) is 46.2 Å². The molecule has 1 aliphatic heterocycles. The van der Waals surface area contributed by atoms with Crippen LogP contribution in [0.1, 0.15) is 18.7 Å². The Kier molecular flexibility index (Phi) is 7.35. The van der Waals surface area contributed by atoms with E-state index in [2.05, 4.69) is 20.4 Å². The normalized spacial score (nSPS) is 15.2. The number of nitrogens with one attached hydrogen (secondary N) is 2. The highest BCUT2D eigenvalue weighted by Crippen LogP contribution is 2.29. The van der Waals surface area contributed by atoms with E-state index in [1.807, 2.05) is 58.8 Å². The number of aromatic nitrogens is 3. The van der Waals surface area contributed by atoms with Crippen molar-refractivity contribution in [2.45, 2.75) is 25.3 Å². The zero-order valence-corrected chi connectivity index (χ0v) is 20.5. The van der Waals surface area contributed by atoms with Gasteiger partial charge in [0.25, 0.3) is 0 Å². The van der Waals surface area contributed by atoms with E-state index in [4.69, 9.17) is 27.3 Å². The minimum absolute atomic E-state index is 0. The van der Waals surface area contributed by atoms with Gasteiger partial charge in [-0.3, -0.25) is 5.41 Å². The molecule has 2 aromatic heterocycles. The van der Waals surface area contributed by atoms with Crippen molar-refractivity contribution in [2.75, 3.05) is 11.9 Å². The molecule has 0 saturated carbocycles. The van der Waals surface area contributed by atoms with Gasteiger partial charge < -0.3 is 20.5 Å². The summed E-state index contributed by atoms with van der Waals surface area (Å²) in [5.41, 5.74) is 9.39. The smallest absolute Gasteiger partial charge is 0.229 e. The summed E-state index contributed by atoms with van der Waals surface area (Å²) in [7, 11) is 0. The van der Waals surface area contributed by atoms with Gasteiger partial charge in [0.2, 0.25) is 11.7 Å². The molecular weight excluding hydrogens is 493 g/mol. The van der Waals surface area contributed by atoms with E-state index in [1.165, 1.54) is 0 Å². The van der Waals surface area contributed by atoms with Crippen LogP contribution in [0.2, 0.25) is 5.02 Å². The Bertz CT molecular complexity index is 1260. The molecule has 5 rings (SSSR count). The van der Waals surface area contributed by atoms with E-state index < -0.39 is 0 Å². The van der Waals surface area contributed by atoms with E-state index in [0.29, 0.717) is 23.2 Å². The number of nitrogens with two attached hydrogens (primary N) is 1. The third-order valence-corrected chi connectivity index (χ3v) is 6.61. The van der Waals surface area contributed by atoms with Crippen molar-refractivity contribution in [3.05, 3.63) is 64.8 Å². The Hall–Kier alpha value is -3.14. The maximum atomic E-state index is 7.70. The number of halogens is 2. The number of rotatable bonds is 6. The van der Waals surface area contributed by atoms with E-state index >= 15 is 0 Å². The van der Waals surface area contributed by atoms with Crippen LogP contribution >= 0.6 is 35.3 Å². The van der Waals surface area contributed by atoms with Crippen molar-refractivity contribution >= 4 is 52.1 Å². The number of benzene rings is 2. The SMILES string of the molecule is Cl.N=C(N)N1CCC[C@H]1Cc1nc(-c2ccc(Nc3nc(-c4ccc(Cl)cc4)cs3)cc2)no1. The molecule has 2 aromatic carbocycles. The second-order valence-corrected chi connectivity index (χ2v) is 9.13. The van der Waals surface area contributed by atoms with Crippen molar-refractivity contribution < 1.29 is 4.52 Å². The van der Waals surface area contributed by atoms with Crippen molar-refractivity contribution in [2.24, 2.45) is 5.73 Å². The van der Waals surface area contributed by atoms with E-state index in [9.17, 15) is 0 Å². The molecule has 4 N–H and O–H groups in total. The van der Waals surface area contributed by atoms with Crippen LogP contribution in [0.5, 0.6) is 0 Å². The molecule has 0 radical (unpaired) electrons. The van der Waals surface area contributed by atoms with Gasteiger partial charge in [-0.15, -0.1) is 23.7 Å². The lowest BCUT2D eigenvalue weighted by atomic mass is 10.1. The fourth-order valence-electron chi connectivity index (χ4n) is 3.93. The Morgan fingerprint density at radius 2 is 1.88 bits per heavy atom. The van der Waals surface area contributed by atoms with Crippen LogP contribution in [-0.4, -0.2) is 38.6 Å². The number of thiazole rings is 1. The highest BCUT2D eigenvalue weighted by Gasteiger charge is 2.27. The average molecular weight is 516 g/mol. The minimum Gasteiger partial charge on any atom is -0.370 e. The summed E-state index contributed by atoms with van der Waals surface area (Å²) in [5, 5.41) is 18.7. The quantitative estimate of drug-likeness (QED) is 0.226. The van der Waals surface area contributed by atoms with Gasteiger partial charge >= 0.3 is 0 Å². The van der Waals surface area contributed by atoms with Gasteiger partial charge in [0.1, 0.15) is 0 Å². The first-order chi connectivity index (χ1) is 16.0. The average Bonchev–Trinajstić information content (AvgIpc) is 3.57. The summed E-state index contributed by atoms with van der Waals surface area (Å²) in [5.74, 6) is 1.20. The first kappa shape index (κ1) is 24.0. The maximum absolute atomic E-state index is 7.70.